The molecule has 0 aromatic carbocycles. The second kappa shape index (κ2) is 5.04. The van der Waals surface area contributed by atoms with Gasteiger partial charge in [-0.15, -0.1) is 0 Å². The summed E-state index contributed by atoms with van der Waals surface area (Å²) in [4.78, 5) is 24.3. The van der Waals surface area contributed by atoms with E-state index in [4.69, 9.17) is 0 Å². The van der Waals surface area contributed by atoms with Crippen molar-refractivity contribution in [3.8, 4) is 0 Å². The SMILES string of the molecule is CC(=O)CCNc1ccc([N+](=O)[O-])cn1. The molecule has 0 saturated heterocycles. The Hall–Kier alpha value is -1.98. The first-order valence-corrected chi connectivity index (χ1v) is 4.43. The van der Waals surface area contributed by atoms with Gasteiger partial charge in [-0.3, -0.25) is 14.9 Å². The number of carbonyl (C=O) groups is 1. The average molecular weight is 209 g/mol. The number of nitrogens with zero attached hydrogens (tertiary/aromatic N) is 2. The van der Waals surface area contributed by atoms with Crippen LogP contribution in [-0.4, -0.2) is 22.2 Å². The van der Waals surface area contributed by atoms with E-state index in [1.807, 2.05) is 0 Å². The molecule has 80 valence electrons. The Morgan fingerprint density at radius 3 is 2.80 bits per heavy atom. The molecular formula is C9H11N3O3. The van der Waals surface area contributed by atoms with Crippen LogP contribution >= 0.6 is 0 Å². The molecule has 1 rings (SSSR count). The Labute approximate surface area is 86.5 Å². The summed E-state index contributed by atoms with van der Waals surface area (Å²) < 4.78 is 0. The average Bonchev–Trinajstić information content (AvgIpc) is 2.18. The Kier molecular flexibility index (Phi) is 3.73. The molecule has 6 heteroatoms. The number of hydrogen-bond acceptors (Lipinski definition) is 5. The fraction of sp³-hybridized carbons (Fsp3) is 0.333. The van der Waals surface area contributed by atoms with Crippen LogP contribution in [0.5, 0.6) is 0 Å². The molecule has 0 saturated carbocycles. The van der Waals surface area contributed by atoms with Gasteiger partial charge < -0.3 is 5.32 Å². The summed E-state index contributed by atoms with van der Waals surface area (Å²) in [6.45, 7) is 1.99. The Morgan fingerprint density at radius 1 is 1.60 bits per heavy atom. The lowest BCUT2D eigenvalue weighted by Gasteiger charge is -2.02. The third-order valence-corrected chi connectivity index (χ3v) is 1.74. The largest absolute Gasteiger partial charge is 0.370 e. The van der Waals surface area contributed by atoms with Gasteiger partial charge in [0.15, 0.2) is 0 Å². The quantitative estimate of drug-likeness (QED) is 0.584. The summed E-state index contributed by atoms with van der Waals surface area (Å²) in [5.41, 5.74) is -0.0490. The molecule has 0 unspecified atom stereocenters. The molecule has 0 amide bonds. The third kappa shape index (κ3) is 3.72. The highest BCUT2D eigenvalue weighted by molar-refractivity contribution is 5.75. The van der Waals surface area contributed by atoms with E-state index in [0.717, 1.165) is 0 Å². The number of anilines is 1. The second-order valence-electron chi connectivity index (χ2n) is 3.04. The summed E-state index contributed by atoms with van der Waals surface area (Å²) in [6, 6.07) is 2.88. The molecule has 1 aromatic rings. The van der Waals surface area contributed by atoms with Crippen molar-refractivity contribution in [2.75, 3.05) is 11.9 Å². The number of pyridine rings is 1. The van der Waals surface area contributed by atoms with Crippen LogP contribution in [0.15, 0.2) is 18.3 Å². The molecule has 1 aromatic heterocycles. The van der Waals surface area contributed by atoms with Crippen molar-refractivity contribution in [1.29, 1.82) is 0 Å². The Balaban J connectivity index is 2.50. The van der Waals surface area contributed by atoms with E-state index in [1.54, 1.807) is 0 Å². The van der Waals surface area contributed by atoms with Crippen LogP contribution in [0.3, 0.4) is 0 Å². The van der Waals surface area contributed by atoms with Gasteiger partial charge in [-0.1, -0.05) is 0 Å². The minimum Gasteiger partial charge on any atom is -0.370 e. The molecular weight excluding hydrogens is 198 g/mol. The van der Waals surface area contributed by atoms with Crippen molar-refractivity contribution < 1.29 is 9.72 Å². The molecule has 0 bridgehead atoms. The van der Waals surface area contributed by atoms with Gasteiger partial charge in [-0.05, 0) is 13.0 Å². The van der Waals surface area contributed by atoms with Crippen molar-refractivity contribution in [3.63, 3.8) is 0 Å². The van der Waals surface area contributed by atoms with Gasteiger partial charge in [-0.2, -0.15) is 0 Å². The molecule has 15 heavy (non-hydrogen) atoms. The number of rotatable bonds is 5. The van der Waals surface area contributed by atoms with E-state index < -0.39 is 4.92 Å². The highest BCUT2D eigenvalue weighted by Gasteiger charge is 2.04. The third-order valence-electron chi connectivity index (χ3n) is 1.74. The number of Topliss-reactive ketones (excluding diaryl/α,β-unsaturated/α-hetero) is 1. The monoisotopic (exact) mass is 209 g/mol. The second-order valence-corrected chi connectivity index (χ2v) is 3.04. The van der Waals surface area contributed by atoms with Crippen LogP contribution in [0.1, 0.15) is 13.3 Å². The van der Waals surface area contributed by atoms with Crippen molar-refractivity contribution in [2.45, 2.75) is 13.3 Å². The Morgan fingerprint density at radius 2 is 2.33 bits per heavy atom. The van der Waals surface area contributed by atoms with E-state index in [1.165, 1.54) is 25.3 Å². The van der Waals surface area contributed by atoms with Crippen LogP contribution in [0.25, 0.3) is 0 Å². The summed E-state index contributed by atoms with van der Waals surface area (Å²) in [5.74, 6) is 0.617. The molecule has 0 atom stereocenters. The minimum atomic E-state index is -0.508. The summed E-state index contributed by atoms with van der Waals surface area (Å²) in [5, 5.41) is 13.2. The van der Waals surface area contributed by atoms with Gasteiger partial charge in [0.1, 0.15) is 17.8 Å². The number of nitrogens with one attached hydrogen (secondary N) is 1. The predicted octanol–water partition coefficient (Wildman–Crippen LogP) is 1.38. The summed E-state index contributed by atoms with van der Waals surface area (Å²) in [7, 11) is 0. The smallest absolute Gasteiger partial charge is 0.287 e. The standard InChI is InChI=1S/C9H11N3O3/c1-7(13)4-5-10-9-3-2-8(6-11-9)12(14)15/h2-3,6H,4-5H2,1H3,(H,10,11). The maximum absolute atomic E-state index is 10.6. The van der Waals surface area contributed by atoms with Gasteiger partial charge in [0, 0.05) is 19.0 Å². The summed E-state index contributed by atoms with van der Waals surface area (Å²) >= 11 is 0. The molecule has 0 spiro atoms. The zero-order valence-electron chi connectivity index (χ0n) is 8.27. The van der Waals surface area contributed by atoms with Gasteiger partial charge in [-0.25, -0.2) is 4.98 Å². The highest BCUT2D eigenvalue weighted by atomic mass is 16.6. The van der Waals surface area contributed by atoms with Crippen LogP contribution in [0.2, 0.25) is 0 Å². The maximum Gasteiger partial charge on any atom is 0.287 e. The van der Waals surface area contributed by atoms with Crippen molar-refractivity contribution in [1.82, 2.24) is 4.98 Å². The molecule has 6 nitrogen and oxygen atoms in total. The van der Waals surface area contributed by atoms with Crippen LogP contribution in [-0.2, 0) is 4.79 Å². The highest BCUT2D eigenvalue weighted by Crippen LogP contribution is 2.11. The number of ketones is 1. The van der Waals surface area contributed by atoms with E-state index in [0.29, 0.717) is 18.8 Å². The zero-order chi connectivity index (χ0) is 11.3. The molecule has 0 fully saturated rings. The van der Waals surface area contributed by atoms with Gasteiger partial charge in [0.25, 0.3) is 5.69 Å². The number of hydrogen-bond donors (Lipinski definition) is 1. The Bertz CT molecular complexity index is 361. The molecule has 0 radical (unpaired) electrons. The first kappa shape index (κ1) is 11.1. The van der Waals surface area contributed by atoms with E-state index >= 15 is 0 Å². The first-order valence-electron chi connectivity index (χ1n) is 4.43. The molecule has 1 N–H and O–H groups in total. The summed E-state index contributed by atoms with van der Waals surface area (Å²) in [6.07, 6.45) is 1.59. The van der Waals surface area contributed by atoms with E-state index in [9.17, 15) is 14.9 Å². The molecule has 0 aliphatic heterocycles. The fourth-order valence-electron chi connectivity index (χ4n) is 0.965. The van der Waals surface area contributed by atoms with Crippen LogP contribution in [0, 0.1) is 10.1 Å². The predicted molar refractivity (Wildman–Crippen MR) is 54.7 cm³/mol. The first-order chi connectivity index (χ1) is 7.09. The minimum absolute atomic E-state index is 0.0490. The number of carbonyl (C=O) groups excluding carboxylic acids is 1. The molecule has 0 aliphatic carbocycles. The topological polar surface area (TPSA) is 85.1 Å². The maximum atomic E-state index is 10.6. The van der Waals surface area contributed by atoms with E-state index in [2.05, 4.69) is 10.3 Å². The zero-order valence-corrected chi connectivity index (χ0v) is 8.27. The van der Waals surface area contributed by atoms with Gasteiger partial charge in [0.05, 0.1) is 4.92 Å². The lowest BCUT2D eigenvalue weighted by atomic mass is 10.3. The number of aromatic nitrogens is 1. The normalized spacial score (nSPS) is 9.67. The molecule has 0 aliphatic rings. The van der Waals surface area contributed by atoms with E-state index in [-0.39, 0.29) is 11.5 Å². The van der Waals surface area contributed by atoms with Gasteiger partial charge >= 0.3 is 0 Å². The number of nitro groups is 1. The van der Waals surface area contributed by atoms with Crippen molar-refractivity contribution in [3.05, 3.63) is 28.4 Å². The van der Waals surface area contributed by atoms with Crippen molar-refractivity contribution in [2.24, 2.45) is 0 Å². The molecule has 1 heterocycles. The lowest BCUT2D eigenvalue weighted by molar-refractivity contribution is -0.385. The van der Waals surface area contributed by atoms with Crippen LogP contribution < -0.4 is 5.32 Å². The fourth-order valence-corrected chi connectivity index (χ4v) is 0.965. The lowest BCUT2D eigenvalue weighted by Crippen LogP contribution is -2.06. The van der Waals surface area contributed by atoms with Crippen molar-refractivity contribution >= 4 is 17.3 Å². The van der Waals surface area contributed by atoms with Crippen LogP contribution in [0.4, 0.5) is 11.5 Å². The van der Waals surface area contributed by atoms with Gasteiger partial charge in [0.2, 0.25) is 0 Å².